The zero-order valence-corrected chi connectivity index (χ0v) is 15.1. The van der Waals surface area contributed by atoms with Gasteiger partial charge in [-0.25, -0.2) is 14.8 Å². The summed E-state index contributed by atoms with van der Waals surface area (Å²) in [4.78, 5) is 30.1. The van der Waals surface area contributed by atoms with Crippen molar-refractivity contribution in [2.24, 2.45) is 4.99 Å². The fourth-order valence-corrected chi connectivity index (χ4v) is 1.78. The summed E-state index contributed by atoms with van der Waals surface area (Å²) < 4.78 is 20.5. The number of hydrogen-bond donors (Lipinski definition) is 0. The summed E-state index contributed by atoms with van der Waals surface area (Å²) in [6.45, 7) is 0. The Labute approximate surface area is 150 Å². The number of methoxy groups -OCH3 is 3. The van der Waals surface area contributed by atoms with E-state index in [0.29, 0.717) is 11.6 Å². The van der Waals surface area contributed by atoms with E-state index in [0.717, 1.165) is 0 Å². The average molecular weight is 361 g/mol. The lowest BCUT2D eigenvalue weighted by molar-refractivity contribution is 0.0591. The molecule has 2 aromatic rings. The van der Waals surface area contributed by atoms with Gasteiger partial charge in [-0.1, -0.05) is 0 Å². The minimum Gasteiger partial charge on any atom is -0.490 e. The molecule has 0 spiro atoms. The standard InChI is InChI=1S/C16H19N5O5/c1-21(2)9-18-12-7-6-10(13(19-12)15(22)25-5)26-16-17-8-11(23-3)14(20-16)24-4/h6-9H,1-5H3. The molecule has 0 aliphatic rings. The first kappa shape index (κ1) is 18.9. The predicted octanol–water partition coefficient (Wildman–Crippen LogP) is 1.69. The number of carbonyl (C=O) groups is 1. The first-order chi connectivity index (χ1) is 12.5. The van der Waals surface area contributed by atoms with Gasteiger partial charge in [0.1, 0.15) is 0 Å². The first-order valence-corrected chi connectivity index (χ1v) is 7.41. The van der Waals surface area contributed by atoms with Gasteiger partial charge >= 0.3 is 12.0 Å². The van der Waals surface area contributed by atoms with Crippen LogP contribution in [0.3, 0.4) is 0 Å². The number of hydrogen-bond acceptors (Lipinski definition) is 9. The number of pyridine rings is 1. The molecule has 0 amide bonds. The van der Waals surface area contributed by atoms with Crippen molar-refractivity contribution in [3.8, 4) is 23.4 Å². The van der Waals surface area contributed by atoms with Crippen molar-refractivity contribution in [1.29, 1.82) is 0 Å². The summed E-state index contributed by atoms with van der Waals surface area (Å²) in [7, 11) is 7.78. The number of esters is 1. The average Bonchev–Trinajstić information content (AvgIpc) is 2.66. The van der Waals surface area contributed by atoms with Gasteiger partial charge in [-0.05, 0) is 12.1 Å². The van der Waals surface area contributed by atoms with Crippen LogP contribution in [0.1, 0.15) is 10.5 Å². The number of carbonyl (C=O) groups excluding carboxylic acids is 1. The van der Waals surface area contributed by atoms with Gasteiger partial charge in [0, 0.05) is 14.1 Å². The Hall–Kier alpha value is -3.43. The van der Waals surface area contributed by atoms with Gasteiger partial charge in [0.2, 0.25) is 0 Å². The van der Waals surface area contributed by atoms with E-state index in [1.807, 2.05) is 14.1 Å². The molecular formula is C16H19N5O5. The van der Waals surface area contributed by atoms with Crippen molar-refractivity contribution in [2.45, 2.75) is 0 Å². The molecule has 0 aromatic carbocycles. The van der Waals surface area contributed by atoms with Gasteiger partial charge < -0.3 is 23.8 Å². The minimum absolute atomic E-state index is 0.0425. The largest absolute Gasteiger partial charge is 0.490 e. The van der Waals surface area contributed by atoms with E-state index in [9.17, 15) is 4.79 Å². The third-order valence-electron chi connectivity index (χ3n) is 2.96. The number of aromatic nitrogens is 3. The minimum atomic E-state index is -0.678. The molecule has 10 heteroatoms. The second-order valence-electron chi connectivity index (χ2n) is 5.05. The van der Waals surface area contributed by atoms with E-state index in [-0.39, 0.29) is 23.3 Å². The fraction of sp³-hybridized carbons (Fsp3) is 0.312. The molecule has 0 bridgehead atoms. The van der Waals surface area contributed by atoms with Gasteiger partial charge in [0.15, 0.2) is 23.0 Å². The third-order valence-corrected chi connectivity index (χ3v) is 2.96. The third kappa shape index (κ3) is 4.56. The monoisotopic (exact) mass is 361 g/mol. The number of ether oxygens (including phenoxy) is 4. The highest BCUT2D eigenvalue weighted by Crippen LogP contribution is 2.29. The molecular weight excluding hydrogens is 342 g/mol. The molecule has 0 saturated heterocycles. The highest BCUT2D eigenvalue weighted by atomic mass is 16.5. The quantitative estimate of drug-likeness (QED) is 0.413. The summed E-state index contributed by atoms with van der Waals surface area (Å²) in [6, 6.07) is 3.07. The molecule has 0 saturated carbocycles. The van der Waals surface area contributed by atoms with Crippen molar-refractivity contribution in [3.05, 3.63) is 24.0 Å². The Morgan fingerprint density at radius 2 is 1.88 bits per heavy atom. The molecule has 0 fully saturated rings. The molecule has 2 heterocycles. The molecule has 138 valence electrons. The number of nitrogens with zero attached hydrogens (tertiary/aromatic N) is 5. The zero-order valence-electron chi connectivity index (χ0n) is 15.1. The summed E-state index contributed by atoms with van der Waals surface area (Å²) >= 11 is 0. The highest BCUT2D eigenvalue weighted by molar-refractivity contribution is 5.90. The van der Waals surface area contributed by atoms with E-state index < -0.39 is 5.97 Å². The summed E-state index contributed by atoms with van der Waals surface area (Å²) in [5.41, 5.74) is -0.0562. The van der Waals surface area contributed by atoms with E-state index in [1.165, 1.54) is 33.6 Å². The lowest BCUT2D eigenvalue weighted by Gasteiger charge is -2.10. The predicted molar refractivity (Wildman–Crippen MR) is 92.6 cm³/mol. The Morgan fingerprint density at radius 3 is 2.50 bits per heavy atom. The summed E-state index contributed by atoms with van der Waals surface area (Å²) in [5, 5.41) is 0. The zero-order chi connectivity index (χ0) is 19.1. The molecule has 2 aromatic heterocycles. The lowest BCUT2D eigenvalue weighted by Crippen LogP contribution is -2.09. The van der Waals surface area contributed by atoms with Crippen molar-refractivity contribution in [3.63, 3.8) is 0 Å². The highest BCUT2D eigenvalue weighted by Gasteiger charge is 2.19. The van der Waals surface area contributed by atoms with Crippen LogP contribution in [0.15, 0.2) is 23.3 Å². The van der Waals surface area contributed by atoms with Crippen LogP contribution in [-0.2, 0) is 4.74 Å². The molecule has 26 heavy (non-hydrogen) atoms. The maximum atomic E-state index is 12.0. The van der Waals surface area contributed by atoms with Crippen molar-refractivity contribution >= 4 is 18.1 Å². The Balaban J connectivity index is 2.37. The molecule has 0 unspecified atom stereocenters. The van der Waals surface area contributed by atoms with Crippen LogP contribution in [-0.4, -0.2) is 67.6 Å². The number of aliphatic imine (C=N–C) groups is 1. The molecule has 0 atom stereocenters. The molecule has 0 aliphatic carbocycles. The van der Waals surface area contributed by atoms with E-state index in [1.54, 1.807) is 17.3 Å². The van der Waals surface area contributed by atoms with Crippen LogP contribution in [0, 0.1) is 0 Å². The van der Waals surface area contributed by atoms with E-state index >= 15 is 0 Å². The molecule has 0 radical (unpaired) electrons. The Kier molecular flexibility index (Phi) is 6.25. The maximum absolute atomic E-state index is 12.0. The van der Waals surface area contributed by atoms with Gasteiger partial charge in [-0.2, -0.15) is 9.97 Å². The molecule has 2 rings (SSSR count). The van der Waals surface area contributed by atoms with E-state index in [2.05, 4.69) is 19.9 Å². The Morgan fingerprint density at radius 1 is 1.12 bits per heavy atom. The van der Waals surface area contributed by atoms with Crippen molar-refractivity contribution in [1.82, 2.24) is 19.9 Å². The van der Waals surface area contributed by atoms with Crippen molar-refractivity contribution in [2.75, 3.05) is 35.4 Å². The van der Waals surface area contributed by atoms with Gasteiger partial charge in [0.25, 0.3) is 5.88 Å². The first-order valence-electron chi connectivity index (χ1n) is 7.41. The van der Waals surface area contributed by atoms with Crippen LogP contribution < -0.4 is 14.2 Å². The normalized spacial score (nSPS) is 10.5. The van der Waals surface area contributed by atoms with Gasteiger partial charge in [-0.15, -0.1) is 0 Å². The van der Waals surface area contributed by atoms with E-state index in [4.69, 9.17) is 18.9 Å². The van der Waals surface area contributed by atoms with Crippen LogP contribution in [0.25, 0.3) is 0 Å². The second-order valence-corrected chi connectivity index (χ2v) is 5.05. The number of rotatable bonds is 7. The lowest BCUT2D eigenvalue weighted by atomic mass is 10.3. The molecule has 0 aliphatic heterocycles. The van der Waals surface area contributed by atoms with Crippen molar-refractivity contribution < 1.29 is 23.7 Å². The second kappa shape index (κ2) is 8.60. The fourth-order valence-electron chi connectivity index (χ4n) is 1.78. The Bertz CT molecular complexity index is 810. The van der Waals surface area contributed by atoms with Crippen LogP contribution >= 0.6 is 0 Å². The van der Waals surface area contributed by atoms with Crippen LogP contribution in [0.2, 0.25) is 0 Å². The van der Waals surface area contributed by atoms with Gasteiger partial charge in [-0.3, -0.25) is 0 Å². The van der Waals surface area contributed by atoms with Crippen LogP contribution in [0.4, 0.5) is 5.82 Å². The summed E-state index contributed by atoms with van der Waals surface area (Å²) in [6.07, 6.45) is 2.95. The maximum Gasteiger partial charge on any atom is 0.360 e. The molecule has 0 N–H and O–H groups in total. The van der Waals surface area contributed by atoms with Crippen LogP contribution in [0.5, 0.6) is 23.4 Å². The smallest absolute Gasteiger partial charge is 0.360 e. The van der Waals surface area contributed by atoms with Gasteiger partial charge in [0.05, 0.1) is 33.9 Å². The SMILES string of the molecule is COC(=O)c1nc(N=CN(C)C)ccc1Oc1ncc(OC)c(OC)n1. The molecule has 10 nitrogen and oxygen atoms in total. The topological polar surface area (TPSA) is 108 Å². The summed E-state index contributed by atoms with van der Waals surface area (Å²) in [5.74, 6) is 0.298.